The van der Waals surface area contributed by atoms with Gasteiger partial charge in [-0.1, -0.05) is 17.7 Å². The maximum absolute atomic E-state index is 12.7. The number of hydrogen-bond donors (Lipinski definition) is 4. The number of rotatable bonds is 7. The third kappa shape index (κ3) is 6.34. The Morgan fingerprint density at radius 1 is 0.971 bits per heavy atom. The number of hydrogen-bond acceptors (Lipinski definition) is 5. The van der Waals surface area contributed by atoms with E-state index in [0.717, 1.165) is 19.4 Å². The van der Waals surface area contributed by atoms with E-state index in [0.29, 0.717) is 39.1 Å². The molecule has 1 atom stereocenters. The molecule has 1 fully saturated rings. The number of carbonyl (C=O) groups excluding carboxylic acids is 3. The Hall–Kier alpha value is -3.40. The molecule has 1 saturated heterocycles. The summed E-state index contributed by atoms with van der Waals surface area (Å²) in [5.74, 6) is -0.657. The predicted molar refractivity (Wildman–Crippen MR) is 134 cm³/mol. The normalized spacial score (nSPS) is 14.9. The van der Waals surface area contributed by atoms with E-state index in [2.05, 4.69) is 21.3 Å². The maximum Gasteiger partial charge on any atom is 0.319 e. The highest BCUT2D eigenvalue weighted by Gasteiger charge is 2.16. The molecule has 4 rings (SSSR count). The van der Waals surface area contributed by atoms with E-state index in [1.54, 1.807) is 53.9 Å². The Morgan fingerprint density at radius 3 is 2.41 bits per heavy atom. The summed E-state index contributed by atoms with van der Waals surface area (Å²) in [5, 5.41) is 13.2. The number of benzene rings is 2. The van der Waals surface area contributed by atoms with E-state index >= 15 is 0 Å². The Bertz CT molecular complexity index is 1160. The highest BCUT2D eigenvalue weighted by Crippen LogP contribution is 2.25. The summed E-state index contributed by atoms with van der Waals surface area (Å²) in [6, 6.07) is 14.6. The molecule has 10 heteroatoms. The molecule has 3 aromatic rings. The fraction of sp³-hybridized carbons (Fsp3) is 0.208. The molecule has 0 bridgehead atoms. The SMILES string of the molecule is O=C(NCC1CCCO1)Nc1ccc(NC(=O)c2ccc(Cl)c(NC(=O)c3cccs3)c2)cc1. The van der Waals surface area contributed by atoms with Crippen molar-refractivity contribution in [3.63, 3.8) is 0 Å². The van der Waals surface area contributed by atoms with Gasteiger partial charge < -0.3 is 26.0 Å². The molecule has 34 heavy (non-hydrogen) atoms. The van der Waals surface area contributed by atoms with Crippen LogP contribution < -0.4 is 21.3 Å². The second-order valence-electron chi connectivity index (χ2n) is 7.63. The Labute approximate surface area is 205 Å². The van der Waals surface area contributed by atoms with Crippen LogP contribution in [0.2, 0.25) is 5.02 Å². The van der Waals surface area contributed by atoms with E-state index in [-0.39, 0.29) is 23.9 Å². The van der Waals surface area contributed by atoms with Crippen molar-refractivity contribution >= 4 is 57.8 Å². The van der Waals surface area contributed by atoms with Gasteiger partial charge >= 0.3 is 6.03 Å². The van der Waals surface area contributed by atoms with Crippen LogP contribution in [-0.4, -0.2) is 37.1 Å². The lowest BCUT2D eigenvalue weighted by Gasteiger charge is -2.12. The van der Waals surface area contributed by atoms with Crippen LogP contribution in [0.3, 0.4) is 0 Å². The molecule has 2 heterocycles. The lowest BCUT2D eigenvalue weighted by atomic mass is 10.1. The zero-order chi connectivity index (χ0) is 23.9. The van der Waals surface area contributed by atoms with Gasteiger partial charge in [-0.3, -0.25) is 9.59 Å². The Morgan fingerprint density at radius 2 is 1.74 bits per heavy atom. The van der Waals surface area contributed by atoms with Crippen LogP contribution >= 0.6 is 22.9 Å². The van der Waals surface area contributed by atoms with Gasteiger partial charge in [0, 0.05) is 30.1 Å². The number of halogens is 1. The fourth-order valence-electron chi connectivity index (χ4n) is 3.38. The van der Waals surface area contributed by atoms with Gasteiger partial charge in [-0.15, -0.1) is 11.3 Å². The number of amides is 4. The van der Waals surface area contributed by atoms with Crippen molar-refractivity contribution in [2.24, 2.45) is 0 Å². The summed E-state index contributed by atoms with van der Waals surface area (Å²) >= 11 is 7.51. The van der Waals surface area contributed by atoms with E-state index in [1.807, 2.05) is 0 Å². The molecule has 4 amide bonds. The fourth-order valence-corrected chi connectivity index (χ4v) is 4.17. The second kappa shape index (κ2) is 11.1. The van der Waals surface area contributed by atoms with Crippen LogP contribution in [0.5, 0.6) is 0 Å². The first-order valence-electron chi connectivity index (χ1n) is 10.7. The summed E-state index contributed by atoms with van der Waals surface area (Å²) in [7, 11) is 0. The van der Waals surface area contributed by atoms with Crippen LogP contribution in [0.1, 0.15) is 32.9 Å². The van der Waals surface area contributed by atoms with Crippen LogP contribution in [-0.2, 0) is 4.74 Å². The van der Waals surface area contributed by atoms with Gasteiger partial charge in [0.05, 0.1) is 21.7 Å². The minimum atomic E-state index is -0.363. The molecule has 4 N–H and O–H groups in total. The van der Waals surface area contributed by atoms with E-state index < -0.39 is 0 Å². The molecule has 0 aliphatic carbocycles. The lowest BCUT2D eigenvalue weighted by Crippen LogP contribution is -2.35. The largest absolute Gasteiger partial charge is 0.376 e. The zero-order valence-corrected chi connectivity index (χ0v) is 19.7. The monoisotopic (exact) mass is 498 g/mol. The number of nitrogens with one attached hydrogen (secondary N) is 4. The molecule has 1 aliphatic rings. The number of carbonyl (C=O) groups is 3. The van der Waals surface area contributed by atoms with Gasteiger partial charge in [0.15, 0.2) is 0 Å². The van der Waals surface area contributed by atoms with Gasteiger partial charge in [-0.25, -0.2) is 4.79 Å². The molecule has 2 aromatic carbocycles. The molecule has 0 spiro atoms. The van der Waals surface area contributed by atoms with Crippen molar-refractivity contribution in [3.8, 4) is 0 Å². The summed E-state index contributed by atoms with van der Waals surface area (Å²) in [5.41, 5.74) is 1.82. The van der Waals surface area contributed by atoms with E-state index in [1.165, 1.54) is 17.4 Å². The molecular weight excluding hydrogens is 476 g/mol. The summed E-state index contributed by atoms with van der Waals surface area (Å²) in [6.45, 7) is 1.21. The maximum atomic E-state index is 12.7. The zero-order valence-electron chi connectivity index (χ0n) is 18.1. The van der Waals surface area contributed by atoms with Crippen molar-refractivity contribution in [1.29, 1.82) is 0 Å². The lowest BCUT2D eigenvalue weighted by molar-refractivity contribution is 0.101. The standard InChI is InChI=1S/C24H23ClN4O4S/c25-19-10-5-15(13-20(19)29-23(31)21-4-2-12-34-21)22(30)27-16-6-8-17(9-7-16)28-24(32)26-14-18-3-1-11-33-18/h2,4-10,12-13,18H,1,3,11,14H2,(H,27,30)(H,29,31)(H2,26,28,32). The molecule has 1 aromatic heterocycles. The Kier molecular flexibility index (Phi) is 7.79. The third-order valence-corrected chi connectivity index (χ3v) is 6.33. The second-order valence-corrected chi connectivity index (χ2v) is 8.98. The van der Waals surface area contributed by atoms with E-state index in [9.17, 15) is 14.4 Å². The highest BCUT2D eigenvalue weighted by molar-refractivity contribution is 7.12. The topological polar surface area (TPSA) is 109 Å². The number of urea groups is 1. The van der Waals surface area contributed by atoms with Gasteiger partial charge in [0.25, 0.3) is 11.8 Å². The number of thiophene rings is 1. The van der Waals surface area contributed by atoms with Crippen LogP contribution in [0.15, 0.2) is 60.0 Å². The smallest absolute Gasteiger partial charge is 0.319 e. The summed E-state index contributed by atoms with van der Waals surface area (Å²) < 4.78 is 5.48. The molecular formula is C24H23ClN4O4S. The van der Waals surface area contributed by atoms with Crippen LogP contribution in [0.4, 0.5) is 21.9 Å². The molecule has 176 valence electrons. The first kappa shape index (κ1) is 23.7. The van der Waals surface area contributed by atoms with Gasteiger partial charge in [-0.2, -0.15) is 0 Å². The summed E-state index contributed by atoms with van der Waals surface area (Å²) in [6.07, 6.45) is 2.04. The van der Waals surface area contributed by atoms with Crippen molar-refractivity contribution in [2.75, 3.05) is 29.1 Å². The van der Waals surface area contributed by atoms with Crippen LogP contribution in [0, 0.1) is 0 Å². The van der Waals surface area contributed by atoms with Gasteiger partial charge in [0.2, 0.25) is 0 Å². The number of ether oxygens (including phenoxy) is 1. The Balaban J connectivity index is 1.32. The minimum Gasteiger partial charge on any atom is -0.376 e. The molecule has 1 aliphatic heterocycles. The van der Waals surface area contributed by atoms with Crippen LogP contribution in [0.25, 0.3) is 0 Å². The third-order valence-electron chi connectivity index (χ3n) is 5.14. The van der Waals surface area contributed by atoms with Crippen molar-refractivity contribution in [3.05, 3.63) is 75.4 Å². The van der Waals surface area contributed by atoms with E-state index in [4.69, 9.17) is 16.3 Å². The van der Waals surface area contributed by atoms with Gasteiger partial charge in [-0.05, 0) is 66.8 Å². The highest BCUT2D eigenvalue weighted by atomic mass is 35.5. The van der Waals surface area contributed by atoms with Gasteiger partial charge in [0.1, 0.15) is 0 Å². The molecule has 1 unspecified atom stereocenters. The summed E-state index contributed by atoms with van der Waals surface area (Å²) in [4.78, 5) is 37.6. The molecule has 0 saturated carbocycles. The first-order chi connectivity index (χ1) is 16.5. The first-order valence-corrected chi connectivity index (χ1v) is 12.0. The minimum absolute atomic E-state index is 0.0701. The molecule has 8 nitrogen and oxygen atoms in total. The number of anilines is 3. The average Bonchev–Trinajstić information content (AvgIpc) is 3.55. The molecule has 0 radical (unpaired) electrons. The van der Waals surface area contributed by atoms with Crippen molar-refractivity contribution in [1.82, 2.24) is 5.32 Å². The van der Waals surface area contributed by atoms with Crippen molar-refractivity contribution in [2.45, 2.75) is 18.9 Å². The average molecular weight is 499 g/mol. The predicted octanol–water partition coefficient (Wildman–Crippen LogP) is 5.21. The quantitative estimate of drug-likeness (QED) is 0.358. The van der Waals surface area contributed by atoms with Crippen molar-refractivity contribution < 1.29 is 19.1 Å².